The number of methoxy groups -OCH3 is 2. The van der Waals surface area contributed by atoms with Crippen molar-refractivity contribution >= 4 is 5.95 Å². The first-order chi connectivity index (χ1) is 8.31. The zero-order chi connectivity index (χ0) is 12.1. The summed E-state index contributed by atoms with van der Waals surface area (Å²) in [5.74, 6) is 1.52. The summed E-state index contributed by atoms with van der Waals surface area (Å²) in [6.07, 6.45) is 2.59. The third-order valence-corrected chi connectivity index (χ3v) is 2.52. The van der Waals surface area contributed by atoms with Gasteiger partial charge in [-0.2, -0.15) is 9.97 Å². The number of nitrogens with zero attached hydrogens (tertiary/aromatic N) is 2. The van der Waals surface area contributed by atoms with E-state index in [0.717, 1.165) is 19.1 Å². The minimum Gasteiger partial charge on any atom is -0.481 e. The van der Waals surface area contributed by atoms with Crippen molar-refractivity contribution in [3.8, 4) is 11.8 Å². The predicted molar refractivity (Wildman–Crippen MR) is 64.7 cm³/mol. The standard InChI is InChI=1S/C11H18N4O2/c1-16-9-7-10(17-2)15-11(14-9)13-6-5-12-8-3-4-8/h7-8,12H,3-6H2,1-2H3,(H,13,14,15). The molecule has 0 saturated heterocycles. The highest BCUT2D eigenvalue weighted by atomic mass is 16.5. The Balaban J connectivity index is 1.84. The van der Waals surface area contributed by atoms with Crippen molar-refractivity contribution in [2.45, 2.75) is 18.9 Å². The quantitative estimate of drug-likeness (QED) is 0.680. The van der Waals surface area contributed by atoms with Crippen LogP contribution in [0, 0.1) is 0 Å². The molecule has 1 saturated carbocycles. The van der Waals surface area contributed by atoms with E-state index in [-0.39, 0.29) is 0 Å². The van der Waals surface area contributed by atoms with Gasteiger partial charge in [-0.25, -0.2) is 0 Å². The molecule has 0 atom stereocenters. The molecule has 94 valence electrons. The van der Waals surface area contributed by atoms with Gasteiger partial charge in [-0.05, 0) is 12.8 Å². The number of hydrogen-bond acceptors (Lipinski definition) is 6. The molecule has 2 N–H and O–H groups in total. The Kier molecular flexibility index (Phi) is 3.98. The fourth-order valence-electron chi connectivity index (χ4n) is 1.43. The van der Waals surface area contributed by atoms with Gasteiger partial charge in [0.25, 0.3) is 0 Å². The molecule has 1 aromatic rings. The molecule has 0 radical (unpaired) electrons. The van der Waals surface area contributed by atoms with Gasteiger partial charge >= 0.3 is 0 Å². The summed E-state index contributed by atoms with van der Waals surface area (Å²) < 4.78 is 10.1. The summed E-state index contributed by atoms with van der Waals surface area (Å²) in [4.78, 5) is 8.36. The van der Waals surface area contributed by atoms with Crippen LogP contribution in [-0.4, -0.2) is 43.3 Å². The fraction of sp³-hybridized carbons (Fsp3) is 0.636. The van der Waals surface area contributed by atoms with Crippen LogP contribution >= 0.6 is 0 Å². The van der Waals surface area contributed by atoms with Crippen LogP contribution in [0.15, 0.2) is 6.07 Å². The lowest BCUT2D eigenvalue weighted by Crippen LogP contribution is -2.24. The molecule has 0 spiro atoms. The van der Waals surface area contributed by atoms with E-state index in [2.05, 4.69) is 20.6 Å². The number of hydrogen-bond donors (Lipinski definition) is 2. The van der Waals surface area contributed by atoms with Crippen molar-refractivity contribution in [3.63, 3.8) is 0 Å². The van der Waals surface area contributed by atoms with Crippen LogP contribution in [0.5, 0.6) is 11.8 Å². The van der Waals surface area contributed by atoms with Gasteiger partial charge in [0.15, 0.2) is 0 Å². The van der Waals surface area contributed by atoms with Crippen LogP contribution in [0.2, 0.25) is 0 Å². The van der Waals surface area contributed by atoms with Crippen LogP contribution in [0.1, 0.15) is 12.8 Å². The van der Waals surface area contributed by atoms with Crippen LogP contribution in [0.3, 0.4) is 0 Å². The monoisotopic (exact) mass is 238 g/mol. The summed E-state index contributed by atoms with van der Waals surface area (Å²) in [5, 5.41) is 6.54. The molecule has 0 unspecified atom stereocenters. The number of rotatable bonds is 7. The summed E-state index contributed by atoms with van der Waals surface area (Å²) in [7, 11) is 3.14. The largest absolute Gasteiger partial charge is 0.481 e. The van der Waals surface area contributed by atoms with Gasteiger partial charge in [-0.1, -0.05) is 0 Å². The molecule has 1 aromatic heterocycles. The maximum Gasteiger partial charge on any atom is 0.229 e. The van der Waals surface area contributed by atoms with E-state index in [1.807, 2.05) is 0 Å². The van der Waals surface area contributed by atoms with Gasteiger partial charge in [0, 0.05) is 19.1 Å². The Morgan fingerprint density at radius 1 is 1.18 bits per heavy atom. The molecular weight excluding hydrogens is 220 g/mol. The number of aromatic nitrogens is 2. The molecule has 1 fully saturated rings. The molecule has 2 rings (SSSR count). The lowest BCUT2D eigenvalue weighted by atomic mass is 10.5. The summed E-state index contributed by atoms with van der Waals surface area (Å²) >= 11 is 0. The Hall–Kier alpha value is -1.56. The van der Waals surface area contributed by atoms with Gasteiger partial charge < -0.3 is 20.1 Å². The number of ether oxygens (including phenoxy) is 2. The summed E-state index contributed by atoms with van der Waals surface area (Å²) in [6.45, 7) is 1.69. The number of anilines is 1. The van der Waals surface area contributed by atoms with E-state index in [4.69, 9.17) is 9.47 Å². The Morgan fingerprint density at radius 2 is 1.82 bits per heavy atom. The Labute approximate surface area is 101 Å². The first kappa shape index (κ1) is 11.9. The van der Waals surface area contributed by atoms with Crippen molar-refractivity contribution in [2.24, 2.45) is 0 Å². The van der Waals surface area contributed by atoms with Gasteiger partial charge in [-0.3, -0.25) is 0 Å². The molecule has 0 aromatic carbocycles. The van der Waals surface area contributed by atoms with Gasteiger partial charge in [0.05, 0.1) is 20.3 Å². The maximum atomic E-state index is 5.07. The zero-order valence-corrected chi connectivity index (χ0v) is 10.2. The molecule has 1 aliphatic carbocycles. The van der Waals surface area contributed by atoms with E-state index < -0.39 is 0 Å². The van der Waals surface area contributed by atoms with E-state index in [0.29, 0.717) is 17.7 Å². The smallest absolute Gasteiger partial charge is 0.229 e. The number of nitrogens with one attached hydrogen (secondary N) is 2. The molecule has 6 heteroatoms. The lowest BCUT2D eigenvalue weighted by Gasteiger charge is -2.08. The molecule has 0 aliphatic heterocycles. The molecular formula is C11H18N4O2. The summed E-state index contributed by atoms with van der Waals surface area (Å²) in [6, 6.07) is 2.37. The van der Waals surface area contributed by atoms with E-state index >= 15 is 0 Å². The van der Waals surface area contributed by atoms with Crippen molar-refractivity contribution in [1.29, 1.82) is 0 Å². The minimum absolute atomic E-state index is 0.495. The second kappa shape index (κ2) is 5.67. The fourth-order valence-corrected chi connectivity index (χ4v) is 1.43. The van der Waals surface area contributed by atoms with Crippen molar-refractivity contribution in [1.82, 2.24) is 15.3 Å². The average molecular weight is 238 g/mol. The zero-order valence-electron chi connectivity index (χ0n) is 10.2. The van der Waals surface area contributed by atoms with Crippen LogP contribution < -0.4 is 20.1 Å². The van der Waals surface area contributed by atoms with Gasteiger partial charge in [-0.15, -0.1) is 0 Å². The van der Waals surface area contributed by atoms with Crippen LogP contribution in [0.25, 0.3) is 0 Å². The summed E-state index contributed by atoms with van der Waals surface area (Å²) in [5.41, 5.74) is 0. The average Bonchev–Trinajstić information content (AvgIpc) is 3.18. The normalized spacial score (nSPS) is 14.5. The first-order valence-electron chi connectivity index (χ1n) is 5.76. The Bertz CT molecular complexity index is 346. The van der Waals surface area contributed by atoms with E-state index in [1.54, 1.807) is 20.3 Å². The molecule has 0 bridgehead atoms. The SMILES string of the molecule is COc1cc(OC)nc(NCCNC2CC2)n1. The van der Waals surface area contributed by atoms with Crippen molar-refractivity contribution in [3.05, 3.63) is 6.07 Å². The van der Waals surface area contributed by atoms with Gasteiger partial charge in [0.2, 0.25) is 17.7 Å². The Morgan fingerprint density at radius 3 is 2.35 bits per heavy atom. The second-order valence-electron chi connectivity index (χ2n) is 3.93. The third kappa shape index (κ3) is 3.74. The topological polar surface area (TPSA) is 68.3 Å². The molecule has 0 amide bonds. The lowest BCUT2D eigenvalue weighted by molar-refractivity contribution is 0.373. The van der Waals surface area contributed by atoms with Crippen molar-refractivity contribution in [2.75, 3.05) is 32.6 Å². The molecule has 17 heavy (non-hydrogen) atoms. The highest BCUT2D eigenvalue weighted by molar-refractivity contribution is 5.33. The first-order valence-corrected chi connectivity index (χ1v) is 5.76. The predicted octanol–water partition coefficient (Wildman–Crippen LogP) is 0.658. The maximum absolute atomic E-state index is 5.07. The molecule has 6 nitrogen and oxygen atoms in total. The van der Waals surface area contributed by atoms with Crippen LogP contribution in [-0.2, 0) is 0 Å². The third-order valence-electron chi connectivity index (χ3n) is 2.52. The minimum atomic E-state index is 0.495. The highest BCUT2D eigenvalue weighted by Crippen LogP contribution is 2.18. The van der Waals surface area contributed by atoms with Gasteiger partial charge in [0.1, 0.15) is 0 Å². The molecule has 1 heterocycles. The van der Waals surface area contributed by atoms with E-state index in [1.165, 1.54) is 12.8 Å². The second-order valence-corrected chi connectivity index (χ2v) is 3.93. The van der Waals surface area contributed by atoms with Crippen molar-refractivity contribution < 1.29 is 9.47 Å². The van der Waals surface area contributed by atoms with E-state index in [9.17, 15) is 0 Å². The van der Waals surface area contributed by atoms with Crippen LogP contribution in [0.4, 0.5) is 5.95 Å². The molecule has 1 aliphatic rings. The highest BCUT2D eigenvalue weighted by Gasteiger charge is 2.19.